The summed E-state index contributed by atoms with van der Waals surface area (Å²) in [6.07, 6.45) is 0.0490. The number of hydrogen-bond acceptors (Lipinski definition) is 9. The number of nitrogens with zero attached hydrogens (tertiary/aromatic N) is 2. The standard InChI is InChI=1S/C22H20N2O5S2/c1-13-16(24-21(29-13)19-5-4-8-30-19)10-20(25)28-11-15-12-31-22(23-15)14-6-7-17(26-2)18(9-14)27-3/h4-9,12H,10-11H2,1-3H3. The Labute approximate surface area is 187 Å². The van der Waals surface area contributed by atoms with E-state index in [1.54, 1.807) is 21.1 Å². The van der Waals surface area contributed by atoms with Gasteiger partial charge in [-0.25, -0.2) is 9.97 Å². The first-order chi connectivity index (χ1) is 15.1. The van der Waals surface area contributed by atoms with Crippen molar-refractivity contribution in [2.45, 2.75) is 20.0 Å². The van der Waals surface area contributed by atoms with Crippen LogP contribution in [0.15, 0.2) is 45.5 Å². The third kappa shape index (κ3) is 4.78. The van der Waals surface area contributed by atoms with Crippen LogP contribution in [0.4, 0.5) is 0 Å². The second kappa shape index (κ2) is 9.32. The Morgan fingerprint density at radius 3 is 2.68 bits per heavy atom. The smallest absolute Gasteiger partial charge is 0.312 e. The summed E-state index contributed by atoms with van der Waals surface area (Å²) in [6, 6.07) is 9.47. The van der Waals surface area contributed by atoms with Gasteiger partial charge in [0.05, 0.1) is 36.9 Å². The Morgan fingerprint density at radius 2 is 1.94 bits per heavy atom. The molecule has 0 unspecified atom stereocenters. The molecule has 4 rings (SSSR count). The number of thiophene rings is 1. The monoisotopic (exact) mass is 456 g/mol. The molecule has 9 heteroatoms. The van der Waals surface area contributed by atoms with Gasteiger partial charge in [0.15, 0.2) is 11.5 Å². The van der Waals surface area contributed by atoms with Gasteiger partial charge in [-0.05, 0) is 36.6 Å². The lowest BCUT2D eigenvalue weighted by atomic mass is 10.2. The number of aromatic nitrogens is 2. The van der Waals surface area contributed by atoms with Crippen molar-refractivity contribution in [3.8, 4) is 32.8 Å². The molecule has 0 aliphatic rings. The van der Waals surface area contributed by atoms with Gasteiger partial charge < -0.3 is 18.6 Å². The molecule has 0 spiro atoms. The summed E-state index contributed by atoms with van der Waals surface area (Å²) in [6.45, 7) is 1.89. The Bertz CT molecular complexity index is 1180. The van der Waals surface area contributed by atoms with E-state index in [-0.39, 0.29) is 19.0 Å². The van der Waals surface area contributed by atoms with Crippen LogP contribution in [0, 0.1) is 6.92 Å². The molecule has 7 nitrogen and oxygen atoms in total. The zero-order chi connectivity index (χ0) is 21.8. The molecule has 3 aromatic heterocycles. The van der Waals surface area contributed by atoms with Gasteiger partial charge in [0.1, 0.15) is 17.4 Å². The van der Waals surface area contributed by atoms with Gasteiger partial charge in [-0.3, -0.25) is 4.79 Å². The number of esters is 1. The third-order valence-corrected chi connectivity index (χ3v) is 6.30. The predicted molar refractivity (Wildman–Crippen MR) is 119 cm³/mol. The third-order valence-electron chi connectivity index (χ3n) is 4.50. The molecule has 4 aromatic rings. The Morgan fingerprint density at radius 1 is 1.10 bits per heavy atom. The topological polar surface area (TPSA) is 83.7 Å². The minimum Gasteiger partial charge on any atom is -0.493 e. The van der Waals surface area contributed by atoms with E-state index in [1.165, 1.54) is 22.7 Å². The molecule has 1 aromatic carbocycles. The van der Waals surface area contributed by atoms with Crippen molar-refractivity contribution in [3.63, 3.8) is 0 Å². The van der Waals surface area contributed by atoms with E-state index in [0.29, 0.717) is 34.5 Å². The van der Waals surface area contributed by atoms with Crippen molar-refractivity contribution >= 4 is 28.6 Å². The molecule has 0 fully saturated rings. The molecule has 0 atom stereocenters. The van der Waals surface area contributed by atoms with E-state index in [0.717, 1.165) is 15.4 Å². The SMILES string of the molecule is COc1ccc(-c2nc(COC(=O)Cc3nc(-c4cccs4)oc3C)cs2)cc1OC. The van der Waals surface area contributed by atoms with Gasteiger partial charge in [0.2, 0.25) is 5.89 Å². The summed E-state index contributed by atoms with van der Waals surface area (Å²) in [5.74, 6) is 2.05. The summed E-state index contributed by atoms with van der Waals surface area (Å²) < 4.78 is 21.7. The summed E-state index contributed by atoms with van der Waals surface area (Å²) in [7, 11) is 3.19. The van der Waals surface area contributed by atoms with E-state index in [4.69, 9.17) is 18.6 Å². The fourth-order valence-electron chi connectivity index (χ4n) is 2.91. The lowest BCUT2D eigenvalue weighted by Gasteiger charge is -2.08. The van der Waals surface area contributed by atoms with E-state index < -0.39 is 0 Å². The fourth-order valence-corrected chi connectivity index (χ4v) is 4.37. The number of carbonyl (C=O) groups excluding carboxylic acids is 1. The minimum absolute atomic E-state index is 0.0490. The normalized spacial score (nSPS) is 10.8. The zero-order valence-corrected chi connectivity index (χ0v) is 18.8. The van der Waals surface area contributed by atoms with Crippen LogP contribution in [0.3, 0.4) is 0 Å². The number of methoxy groups -OCH3 is 2. The number of carbonyl (C=O) groups is 1. The molecule has 0 aliphatic carbocycles. The number of thiazole rings is 1. The lowest BCUT2D eigenvalue weighted by Crippen LogP contribution is -2.09. The van der Waals surface area contributed by atoms with Crippen LogP contribution in [-0.2, 0) is 22.6 Å². The molecular weight excluding hydrogens is 436 g/mol. The van der Waals surface area contributed by atoms with Crippen molar-refractivity contribution in [3.05, 3.63) is 58.2 Å². The molecule has 31 heavy (non-hydrogen) atoms. The molecule has 3 heterocycles. The molecule has 0 radical (unpaired) electrons. The highest BCUT2D eigenvalue weighted by Gasteiger charge is 2.17. The molecule has 160 valence electrons. The largest absolute Gasteiger partial charge is 0.493 e. The quantitative estimate of drug-likeness (QED) is 0.340. The summed E-state index contributed by atoms with van der Waals surface area (Å²) in [5, 5.41) is 4.63. The van der Waals surface area contributed by atoms with Gasteiger partial charge in [0, 0.05) is 10.9 Å². The number of rotatable bonds is 8. The average molecular weight is 457 g/mol. The molecule has 0 saturated carbocycles. The Hall–Kier alpha value is -3.17. The van der Waals surface area contributed by atoms with Crippen molar-refractivity contribution in [1.29, 1.82) is 0 Å². The van der Waals surface area contributed by atoms with E-state index in [2.05, 4.69) is 9.97 Å². The predicted octanol–water partition coefficient (Wildman–Crippen LogP) is 5.14. The maximum absolute atomic E-state index is 12.3. The highest BCUT2D eigenvalue weighted by Crippen LogP contribution is 2.33. The average Bonchev–Trinajstić information content (AvgIpc) is 3.53. The maximum Gasteiger partial charge on any atom is 0.312 e. The zero-order valence-electron chi connectivity index (χ0n) is 17.2. The Balaban J connectivity index is 1.37. The second-order valence-electron chi connectivity index (χ2n) is 6.55. The van der Waals surface area contributed by atoms with Crippen LogP contribution in [0.25, 0.3) is 21.3 Å². The maximum atomic E-state index is 12.3. The highest BCUT2D eigenvalue weighted by atomic mass is 32.1. The van der Waals surface area contributed by atoms with E-state index in [9.17, 15) is 4.79 Å². The highest BCUT2D eigenvalue weighted by molar-refractivity contribution is 7.13. The van der Waals surface area contributed by atoms with Crippen LogP contribution >= 0.6 is 22.7 Å². The van der Waals surface area contributed by atoms with Crippen molar-refractivity contribution < 1.29 is 23.4 Å². The molecule has 0 N–H and O–H groups in total. The van der Waals surface area contributed by atoms with Crippen LogP contribution in [0.5, 0.6) is 11.5 Å². The van der Waals surface area contributed by atoms with Crippen LogP contribution < -0.4 is 9.47 Å². The number of ether oxygens (including phenoxy) is 3. The Kier molecular flexibility index (Phi) is 6.34. The van der Waals surface area contributed by atoms with Crippen LogP contribution in [-0.4, -0.2) is 30.2 Å². The van der Waals surface area contributed by atoms with Crippen LogP contribution in [0.1, 0.15) is 17.1 Å². The number of hydrogen-bond donors (Lipinski definition) is 0. The van der Waals surface area contributed by atoms with Crippen LogP contribution in [0.2, 0.25) is 0 Å². The number of benzene rings is 1. The molecule has 0 bridgehead atoms. The van der Waals surface area contributed by atoms with E-state index in [1.807, 2.05) is 41.1 Å². The first kappa shape index (κ1) is 21.1. The van der Waals surface area contributed by atoms with Gasteiger partial charge in [0.25, 0.3) is 0 Å². The molecule has 0 saturated heterocycles. The summed E-state index contributed by atoms with van der Waals surface area (Å²) >= 11 is 3.01. The minimum atomic E-state index is -0.380. The first-order valence-electron chi connectivity index (χ1n) is 9.40. The summed E-state index contributed by atoms with van der Waals surface area (Å²) in [5.41, 5.74) is 2.16. The number of aryl methyl sites for hydroxylation is 1. The van der Waals surface area contributed by atoms with Crippen molar-refractivity contribution in [2.24, 2.45) is 0 Å². The van der Waals surface area contributed by atoms with Crippen molar-refractivity contribution in [2.75, 3.05) is 14.2 Å². The summed E-state index contributed by atoms with van der Waals surface area (Å²) in [4.78, 5) is 22.2. The van der Waals surface area contributed by atoms with Gasteiger partial charge in [-0.1, -0.05) is 6.07 Å². The van der Waals surface area contributed by atoms with Crippen molar-refractivity contribution in [1.82, 2.24) is 9.97 Å². The second-order valence-corrected chi connectivity index (χ2v) is 8.36. The van der Waals surface area contributed by atoms with Gasteiger partial charge in [-0.15, -0.1) is 22.7 Å². The first-order valence-corrected chi connectivity index (χ1v) is 11.2. The fraction of sp³-hybridized carbons (Fsp3) is 0.227. The lowest BCUT2D eigenvalue weighted by molar-refractivity contribution is -0.144. The van der Waals surface area contributed by atoms with E-state index >= 15 is 0 Å². The number of oxazole rings is 1. The molecular formula is C22H20N2O5S2. The molecule has 0 aliphatic heterocycles. The van der Waals surface area contributed by atoms with Gasteiger partial charge in [-0.2, -0.15) is 0 Å². The molecule has 0 amide bonds. The van der Waals surface area contributed by atoms with Gasteiger partial charge >= 0.3 is 5.97 Å².